The van der Waals surface area contributed by atoms with E-state index in [0.717, 1.165) is 48.9 Å². The molecule has 0 aromatic carbocycles. The van der Waals surface area contributed by atoms with E-state index in [4.69, 9.17) is 9.47 Å². The summed E-state index contributed by atoms with van der Waals surface area (Å²) >= 11 is 0. The molecule has 0 aromatic rings. The molecular weight excluding hydrogens is 396 g/mol. The van der Waals surface area contributed by atoms with Gasteiger partial charge < -0.3 is 9.47 Å². The minimum atomic E-state index is -0.481. The van der Waals surface area contributed by atoms with Gasteiger partial charge in [0.15, 0.2) is 5.79 Å². The third kappa shape index (κ3) is 3.55. The summed E-state index contributed by atoms with van der Waals surface area (Å²) in [5.74, 6) is 5.00. The average Bonchev–Trinajstić information content (AvgIpc) is 3.34. The lowest BCUT2D eigenvalue weighted by molar-refractivity contribution is -0.289. The zero-order chi connectivity index (χ0) is 22.7. The van der Waals surface area contributed by atoms with Gasteiger partial charge in [-0.1, -0.05) is 53.9 Å². The number of fused-ring (bicyclic) bond motifs is 6. The summed E-state index contributed by atoms with van der Waals surface area (Å²) in [6, 6.07) is 0. The Morgan fingerprint density at radius 2 is 1.66 bits per heavy atom. The first-order valence-corrected chi connectivity index (χ1v) is 14.0. The summed E-state index contributed by atoms with van der Waals surface area (Å²) in [5.41, 5.74) is 0.676. The number of carbonyl (C=O) groups excluding carboxylic acids is 1. The van der Waals surface area contributed by atoms with Crippen LogP contribution in [-0.2, 0) is 14.3 Å². The van der Waals surface area contributed by atoms with Gasteiger partial charge in [0.2, 0.25) is 0 Å². The van der Waals surface area contributed by atoms with Gasteiger partial charge in [-0.25, -0.2) is 0 Å². The monoisotopic (exact) mass is 444 g/mol. The predicted molar refractivity (Wildman–Crippen MR) is 128 cm³/mol. The van der Waals surface area contributed by atoms with Crippen LogP contribution in [0, 0.1) is 52.3 Å². The Labute approximate surface area is 196 Å². The molecule has 1 saturated heterocycles. The van der Waals surface area contributed by atoms with E-state index in [0.29, 0.717) is 36.8 Å². The van der Waals surface area contributed by atoms with Crippen LogP contribution in [0.5, 0.6) is 0 Å². The van der Waals surface area contributed by atoms with Crippen LogP contribution in [0.25, 0.3) is 0 Å². The van der Waals surface area contributed by atoms with Crippen LogP contribution in [0.4, 0.5) is 0 Å². The third-order valence-electron chi connectivity index (χ3n) is 11.5. The van der Waals surface area contributed by atoms with Crippen molar-refractivity contribution in [3.05, 3.63) is 0 Å². The number of ether oxygens (including phenoxy) is 2. The molecular formula is C29H48O3. The minimum absolute atomic E-state index is 0.198. The van der Waals surface area contributed by atoms with Gasteiger partial charge in [0.25, 0.3) is 0 Å². The normalized spacial score (nSPS) is 46.2. The molecule has 3 nitrogen and oxygen atoms in total. The molecule has 4 aliphatic carbocycles. The van der Waals surface area contributed by atoms with Crippen molar-refractivity contribution < 1.29 is 14.3 Å². The van der Waals surface area contributed by atoms with Crippen LogP contribution < -0.4 is 0 Å². The smallest absolute Gasteiger partial charge is 0.172 e. The zero-order valence-electron chi connectivity index (χ0n) is 21.5. The highest BCUT2D eigenvalue weighted by molar-refractivity contribution is 5.80. The summed E-state index contributed by atoms with van der Waals surface area (Å²) < 4.78 is 12.9. The van der Waals surface area contributed by atoms with Gasteiger partial charge in [0.1, 0.15) is 5.78 Å². The highest BCUT2D eigenvalue weighted by Crippen LogP contribution is 2.70. The van der Waals surface area contributed by atoms with E-state index in [1.54, 1.807) is 0 Å². The molecule has 0 aromatic heterocycles. The van der Waals surface area contributed by atoms with Gasteiger partial charge >= 0.3 is 0 Å². The van der Waals surface area contributed by atoms with Crippen molar-refractivity contribution in [3.63, 3.8) is 0 Å². The first kappa shape index (κ1) is 23.3. The minimum Gasteiger partial charge on any atom is -0.347 e. The predicted octanol–water partition coefficient (Wildman–Crippen LogP) is 7.03. The summed E-state index contributed by atoms with van der Waals surface area (Å²) in [6.07, 6.45) is 13.3. The second-order valence-electron chi connectivity index (χ2n) is 13.4. The molecule has 0 N–H and O–H groups in total. The molecule has 0 radical (unpaired) electrons. The molecule has 5 aliphatic rings. The maximum Gasteiger partial charge on any atom is 0.172 e. The van der Waals surface area contributed by atoms with Gasteiger partial charge in [0, 0.05) is 25.2 Å². The Morgan fingerprint density at radius 3 is 2.38 bits per heavy atom. The van der Waals surface area contributed by atoms with E-state index >= 15 is 0 Å². The molecule has 0 unspecified atom stereocenters. The van der Waals surface area contributed by atoms with Gasteiger partial charge in [-0.05, 0) is 78.4 Å². The Hall–Kier alpha value is -0.410. The molecule has 5 fully saturated rings. The van der Waals surface area contributed by atoms with Gasteiger partial charge in [-0.2, -0.15) is 0 Å². The van der Waals surface area contributed by atoms with E-state index in [2.05, 4.69) is 34.6 Å². The molecule has 3 heteroatoms. The first-order chi connectivity index (χ1) is 15.2. The third-order valence-corrected chi connectivity index (χ3v) is 11.5. The SMILES string of the molecule is CC(C)CCC[C@H](C)[C@H]1CC[C@H]2[C@@H]3CC4(OCCO4)[C@@H]4CC(=O)CC[C@]4(C)[C@H]3CC[C@]12C. The maximum atomic E-state index is 12.5. The van der Waals surface area contributed by atoms with Gasteiger partial charge in [-0.3, -0.25) is 4.79 Å². The van der Waals surface area contributed by atoms with Crippen molar-refractivity contribution in [2.24, 2.45) is 52.3 Å². The Morgan fingerprint density at radius 1 is 0.938 bits per heavy atom. The van der Waals surface area contributed by atoms with Crippen LogP contribution in [0.1, 0.15) is 105 Å². The summed E-state index contributed by atoms with van der Waals surface area (Å²) in [5, 5.41) is 0. The fraction of sp³-hybridized carbons (Fsp3) is 0.966. The largest absolute Gasteiger partial charge is 0.347 e. The maximum absolute atomic E-state index is 12.5. The lowest BCUT2D eigenvalue weighted by atomic mass is 9.43. The molecule has 1 heterocycles. The number of rotatable bonds is 5. The quantitative estimate of drug-likeness (QED) is 0.456. The van der Waals surface area contributed by atoms with Crippen LogP contribution >= 0.6 is 0 Å². The number of carbonyl (C=O) groups is 1. The topological polar surface area (TPSA) is 35.5 Å². The Kier molecular flexibility index (Phi) is 6.10. The standard InChI is InChI=1S/C29H48O3/c1-19(2)7-6-8-20(3)23-9-10-24-22-18-29(31-15-16-32-29)26-17-21(30)11-13-28(26,5)25(22)12-14-27(23,24)4/h19-20,22-26H,6-18H2,1-5H3/t20-,22-,23+,24-,25-,26+,27+,28+/m0/s1. The van der Waals surface area contributed by atoms with Crippen LogP contribution in [-0.4, -0.2) is 24.8 Å². The van der Waals surface area contributed by atoms with Crippen molar-refractivity contribution in [2.75, 3.05) is 13.2 Å². The lowest BCUT2D eigenvalue weighted by Gasteiger charge is -2.64. The lowest BCUT2D eigenvalue weighted by Crippen LogP contribution is -2.63. The zero-order valence-corrected chi connectivity index (χ0v) is 21.5. The molecule has 1 spiro atoms. The highest BCUT2D eigenvalue weighted by Gasteiger charge is 2.67. The summed E-state index contributed by atoms with van der Waals surface area (Å²) in [4.78, 5) is 12.5. The summed E-state index contributed by atoms with van der Waals surface area (Å²) in [7, 11) is 0. The Bertz CT molecular complexity index is 709. The molecule has 1 aliphatic heterocycles. The van der Waals surface area contributed by atoms with Crippen molar-refractivity contribution in [1.29, 1.82) is 0 Å². The highest BCUT2D eigenvalue weighted by atomic mass is 16.7. The fourth-order valence-electron chi connectivity index (χ4n) is 9.92. The molecule has 32 heavy (non-hydrogen) atoms. The molecule has 5 rings (SSSR count). The van der Waals surface area contributed by atoms with Crippen LogP contribution in [0.15, 0.2) is 0 Å². The van der Waals surface area contributed by atoms with Crippen molar-refractivity contribution in [3.8, 4) is 0 Å². The second kappa shape index (κ2) is 8.36. The number of hydrogen-bond acceptors (Lipinski definition) is 3. The number of hydrogen-bond donors (Lipinski definition) is 0. The number of ketones is 1. The van der Waals surface area contributed by atoms with Gasteiger partial charge in [-0.15, -0.1) is 0 Å². The number of Topliss-reactive ketones (excluding diaryl/α,β-unsaturated/α-hetero) is 1. The van der Waals surface area contributed by atoms with Crippen molar-refractivity contribution in [2.45, 2.75) is 111 Å². The first-order valence-electron chi connectivity index (χ1n) is 14.0. The van der Waals surface area contributed by atoms with E-state index < -0.39 is 5.79 Å². The molecule has 4 saturated carbocycles. The van der Waals surface area contributed by atoms with Crippen LogP contribution in [0.3, 0.4) is 0 Å². The molecule has 0 bridgehead atoms. The van der Waals surface area contributed by atoms with Gasteiger partial charge in [0.05, 0.1) is 13.2 Å². The van der Waals surface area contributed by atoms with E-state index in [9.17, 15) is 4.79 Å². The average molecular weight is 445 g/mol. The van der Waals surface area contributed by atoms with Crippen LogP contribution in [0.2, 0.25) is 0 Å². The molecule has 0 amide bonds. The summed E-state index contributed by atoms with van der Waals surface area (Å²) in [6.45, 7) is 13.9. The van der Waals surface area contributed by atoms with E-state index in [-0.39, 0.29) is 11.3 Å². The van der Waals surface area contributed by atoms with E-state index in [1.165, 1.54) is 44.9 Å². The fourth-order valence-corrected chi connectivity index (χ4v) is 9.92. The van der Waals surface area contributed by atoms with Crippen molar-refractivity contribution >= 4 is 5.78 Å². The molecule has 8 atom stereocenters. The second-order valence-corrected chi connectivity index (χ2v) is 13.4. The Balaban J connectivity index is 1.40. The van der Waals surface area contributed by atoms with E-state index in [1.807, 2.05) is 0 Å². The molecule has 182 valence electrons. The van der Waals surface area contributed by atoms with Crippen molar-refractivity contribution in [1.82, 2.24) is 0 Å².